The number of aryl methyl sites for hydroxylation is 2. The molecule has 1 unspecified atom stereocenters. The van der Waals surface area contributed by atoms with Gasteiger partial charge in [0.15, 0.2) is 0 Å². The topological polar surface area (TPSA) is 65.1 Å². The van der Waals surface area contributed by atoms with Crippen molar-refractivity contribution in [3.8, 4) is 0 Å². The highest BCUT2D eigenvalue weighted by atomic mass is 35.5. The van der Waals surface area contributed by atoms with Crippen molar-refractivity contribution >= 4 is 11.6 Å². The summed E-state index contributed by atoms with van der Waals surface area (Å²) in [5.41, 5.74) is 4.63. The van der Waals surface area contributed by atoms with E-state index in [9.17, 15) is 0 Å². The second-order valence-electron chi connectivity index (χ2n) is 6.08. The fourth-order valence-corrected chi connectivity index (χ4v) is 3.75. The van der Waals surface area contributed by atoms with Crippen molar-refractivity contribution in [1.82, 2.24) is 15.2 Å². The molecule has 1 fully saturated rings. The molecule has 1 heterocycles. The maximum absolute atomic E-state index is 6.38. The molecule has 120 valence electrons. The molecule has 0 aliphatic heterocycles. The lowest BCUT2D eigenvalue weighted by Crippen LogP contribution is -2.55. The fourth-order valence-electron chi connectivity index (χ4n) is 3.51. The highest BCUT2D eigenvalue weighted by Gasteiger charge is 2.39. The Morgan fingerprint density at radius 3 is 2.43 bits per heavy atom. The van der Waals surface area contributed by atoms with Gasteiger partial charge in [-0.3, -0.25) is 16.0 Å². The van der Waals surface area contributed by atoms with Gasteiger partial charge in [-0.1, -0.05) is 37.3 Å². The molecule has 0 amide bonds. The van der Waals surface area contributed by atoms with Crippen LogP contribution in [0.2, 0.25) is 5.02 Å². The number of hydrogen-bond acceptors (Lipinski definition) is 4. The Morgan fingerprint density at radius 1 is 1.38 bits per heavy atom. The molecule has 0 aromatic carbocycles. The van der Waals surface area contributed by atoms with Crippen LogP contribution in [0.15, 0.2) is 0 Å². The second kappa shape index (κ2) is 7.09. The molecule has 21 heavy (non-hydrogen) atoms. The molecule has 0 radical (unpaired) electrons. The molecule has 1 aliphatic carbocycles. The number of aromatic nitrogens is 2. The summed E-state index contributed by atoms with van der Waals surface area (Å²) in [6.07, 6.45) is 7.70. The van der Waals surface area contributed by atoms with Crippen molar-refractivity contribution in [3.05, 3.63) is 16.4 Å². The Hall–Kier alpha value is -0.620. The lowest BCUT2D eigenvalue weighted by atomic mass is 9.84. The number of hydrazine groups is 1. The van der Waals surface area contributed by atoms with Gasteiger partial charge in [-0.2, -0.15) is 5.10 Å². The average molecular weight is 315 g/mol. The van der Waals surface area contributed by atoms with Crippen LogP contribution in [0.1, 0.15) is 49.9 Å². The predicted molar refractivity (Wildman–Crippen MR) is 85.2 cm³/mol. The van der Waals surface area contributed by atoms with Crippen molar-refractivity contribution in [1.29, 1.82) is 0 Å². The highest BCUT2D eigenvalue weighted by molar-refractivity contribution is 6.31. The summed E-state index contributed by atoms with van der Waals surface area (Å²) in [6.45, 7) is 1.93. The third-order valence-corrected chi connectivity index (χ3v) is 5.34. The summed E-state index contributed by atoms with van der Waals surface area (Å²) in [5.74, 6) is 5.87. The minimum atomic E-state index is -0.216. The van der Waals surface area contributed by atoms with Crippen LogP contribution in [0.25, 0.3) is 0 Å². The first-order valence-electron chi connectivity index (χ1n) is 7.73. The Bertz CT molecular complexity index is 466. The van der Waals surface area contributed by atoms with Crippen LogP contribution >= 0.6 is 11.6 Å². The number of nitrogens with zero attached hydrogens (tertiary/aromatic N) is 2. The van der Waals surface area contributed by atoms with Gasteiger partial charge in [0.2, 0.25) is 0 Å². The molecule has 0 spiro atoms. The van der Waals surface area contributed by atoms with E-state index in [1.165, 1.54) is 25.7 Å². The zero-order valence-electron chi connectivity index (χ0n) is 13.3. The second-order valence-corrected chi connectivity index (χ2v) is 6.45. The first-order valence-corrected chi connectivity index (χ1v) is 8.11. The molecular formula is C15H27ClN4O. The van der Waals surface area contributed by atoms with Crippen molar-refractivity contribution in [2.45, 2.75) is 63.5 Å². The van der Waals surface area contributed by atoms with Gasteiger partial charge in [0.25, 0.3) is 0 Å². The van der Waals surface area contributed by atoms with Crippen molar-refractivity contribution in [3.63, 3.8) is 0 Å². The SMILES string of the molecule is COC1(C(Cc2c(Cl)c(C)nn2C)NN)CCCCCC1. The van der Waals surface area contributed by atoms with E-state index in [1.54, 1.807) is 7.11 Å². The third-order valence-electron chi connectivity index (χ3n) is 4.85. The molecule has 0 bridgehead atoms. The van der Waals surface area contributed by atoms with Gasteiger partial charge in [0.05, 0.1) is 28.1 Å². The van der Waals surface area contributed by atoms with Gasteiger partial charge < -0.3 is 4.74 Å². The monoisotopic (exact) mass is 314 g/mol. The predicted octanol–water partition coefficient (Wildman–Crippen LogP) is 2.50. The lowest BCUT2D eigenvalue weighted by molar-refractivity contribution is -0.0530. The molecule has 1 aromatic heterocycles. The number of nitrogens with two attached hydrogens (primary N) is 1. The first-order chi connectivity index (χ1) is 10.0. The van der Waals surface area contributed by atoms with Crippen LogP contribution in [0.3, 0.4) is 0 Å². The molecule has 2 rings (SSSR count). The highest BCUT2D eigenvalue weighted by Crippen LogP contribution is 2.35. The Kier molecular flexibility index (Phi) is 5.66. The van der Waals surface area contributed by atoms with E-state index in [2.05, 4.69) is 10.5 Å². The number of hydrogen-bond donors (Lipinski definition) is 2. The van der Waals surface area contributed by atoms with Crippen molar-refractivity contribution in [2.75, 3.05) is 7.11 Å². The van der Waals surface area contributed by atoms with E-state index >= 15 is 0 Å². The van der Waals surface area contributed by atoms with Crippen LogP contribution in [0.4, 0.5) is 0 Å². The lowest BCUT2D eigenvalue weighted by Gasteiger charge is -2.39. The Morgan fingerprint density at radius 2 is 2.00 bits per heavy atom. The summed E-state index contributed by atoms with van der Waals surface area (Å²) in [6, 6.07) is 0.0351. The average Bonchev–Trinajstić information content (AvgIpc) is 2.67. The minimum Gasteiger partial charge on any atom is -0.377 e. The maximum Gasteiger partial charge on any atom is 0.0848 e. The smallest absolute Gasteiger partial charge is 0.0848 e. The van der Waals surface area contributed by atoms with E-state index in [1.807, 2.05) is 18.7 Å². The van der Waals surface area contributed by atoms with Crippen LogP contribution in [-0.4, -0.2) is 28.5 Å². The molecule has 6 heteroatoms. The third kappa shape index (κ3) is 3.42. The molecule has 3 N–H and O–H groups in total. The molecule has 0 saturated heterocycles. The number of nitrogens with one attached hydrogen (secondary N) is 1. The standard InChI is InChI=1S/C15H27ClN4O/c1-11-14(16)12(20(2)19-11)10-13(18-17)15(21-3)8-6-4-5-7-9-15/h13,18H,4-10,17H2,1-3H3. The molecule has 1 saturated carbocycles. The number of halogens is 1. The van der Waals surface area contributed by atoms with Gasteiger partial charge >= 0.3 is 0 Å². The normalized spacial score (nSPS) is 20.2. The summed E-state index contributed by atoms with van der Waals surface area (Å²) < 4.78 is 7.80. The zero-order chi connectivity index (χ0) is 15.5. The quantitative estimate of drug-likeness (QED) is 0.498. The van der Waals surface area contributed by atoms with Crippen molar-refractivity contribution < 1.29 is 4.74 Å². The number of methoxy groups -OCH3 is 1. The first kappa shape index (κ1) is 16.7. The zero-order valence-corrected chi connectivity index (χ0v) is 14.0. The summed E-state index contributed by atoms with van der Waals surface area (Å²) >= 11 is 6.38. The Labute approximate surface area is 132 Å². The van der Waals surface area contributed by atoms with Gasteiger partial charge in [-0.05, 0) is 19.8 Å². The van der Waals surface area contributed by atoms with E-state index in [0.717, 1.165) is 35.7 Å². The van der Waals surface area contributed by atoms with Gasteiger partial charge in [-0.15, -0.1) is 0 Å². The number of rotatable bonds is 5. The molecule has 1 aliphatic rings. The summed E-state index contributed by atoms with van der Waals surface area (Å²) in [5, 5.41) is 5.12. The van der Waals surface area contributed by atoms with Gasteiger partial charge in [-0.25, -0.2) is 0 Å². The Balaban J connectivity index is 2.24. The largest absolute Gasteiger partial charge is 0.377 e. The summed E-state index contributed by atoms with van der Waals surface area (Å²) in [4.78, 5) is 0. The van der Waals surface area contributed by atoms with Gasteiger partial charge in [0, 0.05) is 20.6 Å². The van der Waals surface area contributed by atoms with Crippen LogP contribution in [0, 0.1) is 6.92 Å². The van der Waals surface area contributed by atoms with E-state index in [0.29, 0.717) is 0 Å². The van der Waals surface area contributed by atoms with E-state index < -0.39 is 0 Å². The number of ether oxygens (including phenoxy) is 1. The molecule has 5 nitrogen and oxygen atoms in total. The van der Waals surface area contributed by atoms with Crippen molar-refractivity contribution in [2.24, 2.45) is 12.9 Å². The van der Waals surface area contributed by atoms with Crippen LogP contribution in [-0.2, 0) is 18.2 Å². The maximum atomic E-state index is 6.38. The molecule has 1 atom stereocenters. The fraction of sp³-hybridized carbons (Fsp3) is 0.800. The van der Waals surface area contributed by atoms with E-state index in [4.69, 9.17) is 22.2 Å². The van der Waals surface area contributed by atoms with E-state index in [-0.39, 0.29) is 11.6 Å². The summed E-state index contributed by atoms with van der Waals surface area (Å²) in [7, 11) is 3.72. The minimum absolute atomic E-state index is 0.0351. The molecule has 1 aromatic rings. The van der Waals surface area contributed by atoms with Gasteiger partial charge in [0.1, 0.15) is 0 Å². The van der Waals surface area contributed by atoms with Crippen LogP contribution < -0.4 is 11.3 Å². The molecular weight excluding hydrogens is 288 g/mol. The van der Waals surface area contributed by atoms with Crippen LogP contribution in [0.5, 0.6) is 0 Å².